The van der Waals surface area contributed by atoms with Gasteiger partial charge >= 0.3 is 0 Å². The van der Waals surface area contributed by atoms with Crippen LogP contribution in [0.4, 0.5) is 5.69 Å². The monoisotopic (exact) mass is 319 g/mol. The summed E-state index contributed by atoms with van der Waals surface area (Å²) in [5.74, 6) is -0.102. The third-order valence-electron chi connectivity index (χ3n) is 2.97. The molecule has 0 aliphatic carbocycles. The predicted molar refractivity (Wildman–Crippen MR) is 79.7 cm³/mol. The number of aryl methyl sites for hydroxylation is 1. The lowest BCUT2D eigenvalue weighted by molar-refractivity contribution is 0.102. The highest BCUT2D eigenvalue weighted by Crippen LogP contribution is 2.23. The molecule has 0 fully saturated rings. The van der Waals surface area contributed by atoms with Gasteiger partial charge in [0.2, 0.25) is 0 Å². The van der Waals surface area contributed by atoms with Gasteiger partial charge in [-0.3, -0.25) is 4.79 Å². The lowest BCUT2D eigenvalue weighted by Gasteiger charge is -2.09. The molecule has 4 heteroatoms. The second-order valence-electron chi connectivity index (χ2n) is 4.37. The molecule has 2 N–H and O–H groups in total. The van der Waals surface area contributed by atoms with Crippen LogP contribution >= 0.6 is 15.9 Å². The minimum Gasteiger partial charge on any atom is -0.508 e. The molecule has 3 nitrogen and oxygen atoms in total. The van der Waals surface area contributed by atoms with E-state index in [1.165, 1.54) is 0 Å². The van der Waals surface area contributed by atoms with Crippen LogP contribution < -0.4 is 5.32 Å². The first-order valence-electron chi connectivity index (χ1n) is 5.85. The number of carbonyl (C=O) groups excluding carboxylic acids is 1. The van der Waals surface area contributed by atoms with Gasteiger partial charge in [0, 0.05) is 21.3 Å². The van der Waals surface area contributed by atoms with Gasteiger partial charge in [-0.15, -0.1) is 0 Å². The molecule has 2 aromatic carbocycles. The van der Waals surface area contributed by atoms with E-state index in [4.69, 9.17) is 0 Å². The van der Waals surface area contributed by atoms with Gasteiger partial charge in [0.15, 0.2) is 0 Å². The Morgan fingerprint density at radius 3 is 2.63 bits per heavy atom. The average molecular weight is 320 g/mol. The molecular formula is C15H14BrNO2. The Bertz CT molecular complexity index is 638. The van der Waals surface area contributed by atoms with E-state index in [2.05, 4.69) is 21.2 Å². The quantitative estimate of drug-likeness (QED) is 0.878. The summed E-state index contributed by atoms with van der Waals surface area (Å²) in [6, 6.07) is 10.5. The molecule has 0 saturated heterocycles. The summed E-state index contributed by atoms with van der Waals surface area (Å²) in [6.45, 7) is 3.68. The summed E-state index contributed by atoms with van der Waals surface area (Å²) >= 11 is 3.42. The van der Waals surface area contributed by atoms with Crippen LogP contribution in [0.2, 0.25) is 0 Å². The zero-order valence-corrected chi connectivity index (χ0v) is 12.3. The van der Waals surface area contributed by atoms with Crippen LogP contribution in [0, 0.1) is 13.8 Å². The van der Waals surface area contributed by atoms with Crippen molar-refractivity contribution in [3.05, 3.63) is 57.6 Å². The van der Waals surface area contributed by atoms with Crippen molar-refractivity contribution >= 4 is 27.5 Å². The molecule has 0 spiro atoms. The summed E-state index contributed by atoms with van der Waals surface area (Å²) in [5, 5.41) is 12.4. The largest absolute Gasteiger partial charge is 0.508 e. The molecular weight excluding hydrogens is 306 g/mol. The molecule has 98 valence electrons. The summed E-state index contributed by atoms with van der Waals surface area (Å²) in [5.41, 5.74) is 2.83. The zero-order chi connectivity index (χ0) is 14.0. The van der Waals surface area contributed by atoms with Gasteiger partial charge in [-0.1, -0.05) is 22.0 Å². The minimum atomic E-state index is -0.227. The SMILES string of the molecule is Cc1cc(NC(=O)c2cccc(O)c2C)ccc1Br. The molecule has 0 atom stereocenters. The van der Waals surface area contributed by atoms with Gasteiger partial charge in [0.05, 0.1) is 0 Å². The van der Waals surface area contributed by atoms with Crippen LogP contribution in [-0.2, 0) is 0 Å². The fourth-order valence-electron chi connectivity index (χ4n) is 1.79. The van der Waals surface area contributed by atoms with Gasteiger partial charge in [0.25, 0.3) is 5.91 Å². The van der Waals surface area contributed by atoms with Gasteiger partial charge in [-0.05, 0) is 49.7 Å². The van der Waals surface area contributed by atoms with Crippen molar-refractivity contribution < 1.29 is 9.90 Å². The van der Waals surface area contributed by atoms with Crippen LogP contribution in [0.1, 0.15) is 21.5 Å². The number of anilines is 1. The number of rotatable bonds is 2. The van der Waals surface area contributed by atoms with E-state index in [0.29, 0.717) is 11.1 Å². The molecule has 0 saturated carbocycles. The number of aromatic hydroxyl groups is 1. The first-order valence-corrected chi connectivity index (χ1v) is 6.64. The maximum atomic E-state index is 12.1. The number of halogens is 1. The number of nitrogens with one attached hydrogen (secondary N) is 1. The van der Waals surface area contributed by atoms with Crippen LogP contribution in [0.25, 0.3) is 0 Å². The molecule has 2 aromatic rings. The molecule has 0 aliphatic heterocycles. The number of hydrogen-bond donors (Lipinski definition) is 2. The minimum absolute atomic E-state index is 0.125. The highest BCUT2D eigenvalue weighted by atomic mass is 79.9. The lowest BCUT2D eigenvalue weighted by atomic mass is 10.1. The van der Waals surface area contributed by atoms with E-state index in [0.717, 1.165) is 15.7 Å². The molecule has 19 heavy (non-hydrogen) atoms. The number of hydrogen-bond acceptors (Lipinski definition) is 2. The third kappa shape index (κ3) is 2.96. The van der Waals surface area contributed by atoms with Crippen LogP contribution in [0.5, 0.6) is 5.75 Å². The van der Waals surface area contributed by atoms with E-state index < -0.39 is 0 Å². The van der Waals surface area contributed by atoms with Crippen LogP contribution in [-0.4, -0.2) is 11.0 Å². The number of carbonyl (C=O) groups is 1. The summed E-state index contributed by atoms with van der Waals surface area (Å²) in [6.07, 6.45) is 0. The van der Waals surface area contributed by atoms with Crippen LogP contribution in [0.3, 0.4) is 0 Å². The smallest absolute Gasteiger partial charge is 0.256 e. The maximum absolute atomic E-state index is 12.1. The molecule has 0 radical (unpaired) electrons. The maximum Gasteiger partial charge on any atom is 0.256 e. The molecule has 0 heterocycles. The molecule has 0 aliphatic rings. The fourth-order valence-corrected chi connectivity index (χ4v) is 2.04. The Balaban J connectivity index is 2.26. The average Bonchev–Trinajstić information content (AvgIpc) is 2.37. The van der Waals surface area contributed by atoms with Crippen molar-refractivity contribution in [2.75, 3.05) is 5.32 Å². The van der Waals surface area contributed by atoms with Crippen molar-refractivity contribution in [1.29, 1.82) is 0 Å². The highest BCUT2D eigenvalue weighted by molar-refractivity contribution is 9.10. The number of phenolic OH excluding ortho intramolecular Hbond substituents is 1. The van der Waals surface area contributed by atoms with Crippen molar-refractivity contribution in [3.63, 3.8) is 0 Å². The van der Waals surface area contributed by atoms with Gasteiger partial charge < -0.3 is 10.4 Å². The second kappa shape index (κ2) is 5.45. The van der Waals surface area contributed by atoms with Crippen molar-refractivity contribution in [2.24, 2.45) is 0 Å². The van der Waals surface area contributed by atoms with Crippen molar-refractivity contribution in [1.82, 2.24) is 0 Å². The Morgan fingerprint density at radius 2 is 1.95 bits per heavy atom. The summed E-state index contributed by atoms with van der Waals surface area (Å²) < 4.78 is 0.999. The Labute approximate surface area is 120 Å². The number of benzene rings is 2. The molecule has 0 bridgehead atoms. The van der Waals surface area contributed by atoms with Gasteiger partial charge in [-0.25, -0.2) is 0 Å². The number of amides is 1. The Hall–Kier alpha value is -1.81. The van der Waals surface area contributed by atoms with Crippen molar-refractivity contribution in [2.45, 2.75) is 13.8 Å². The van der Waals surface area contributed by atoms with Gasteiger partial charge in [-0.2, -0.15) is 0 Å². The second-order valence-corrected chi connectivity index (χ2v) is 5.22. The van der Waals surface area contributed by atoms with Crippen molar-refractivity contribution in [3.8, 4) is 5.75 Å². The third-order valence-corrected chi connectivity index (χ3v) is 3.86. The molecule has 0 aromatic heterocycles. The fraction of sp³-hybridized carbons (Fsp3) is 0.133. The van der Waals surface area contributed by atoms with E-state index in [1.807, 2.05) is 25.1 Å². The first-order chi connectivity index (χ1) is 8.99. The van der Waals surface area contributed by atoms with E-state index in [-0.39, 0.29) is 11.7 Å². The lowest BCUT2D eigenvalue weighted by Crippen LogP contribution is -2.13. The van der Waals surface area contributed by atoms with E-state index in [1.54, 1.807) is 25.1 Å². The zero-order valence-electron chi connectivity index (χ0n) is 10.7. The Kier molecular flexibility index (Phi) is 3.90. The molecule has 1 amide bonds. The van der Waals surface area contributed by atoms with Crippen LogP contribution in [0.15, 0.2) is 40.9 Å². The van der Waals surface area contributed by atoms with E-state index in [9.17, 15) is 9.90 Å². The summed E-state index contributed by atoms with van der Waals surface area (Å²) in [7, 11) is 0. The Morgan fingerprint density at radius 1 is 1.21 bits per heavy atom. The van der Waals surface area contributed by atoms with Gasteiger partial charge in [0.1, 0.15) is 5.75 Å². The normalized spacial score (nSPS) is 10.3. The topological polar surface area (TPSA) is 49.3 Å². The standard InChI is InChI=1S/C15H14BrNO2/c1-9-8-11(6-7-13(9)16)17-15(19)12-4-3-5-14(18)10(12)2/h3-8,18H,1-2H3,(H,17,19). The van der Waals surface area contributed by atoms with E-state index >= 15 is 0 Å². The first kappa shape index (κ1) is 13.6. The summed E-state index contributed by atoms with van der Waals surface area (Å²) in [4.78, 5) is 12.1. The molecule has 0 unspecified atom stereocenters. The highest BCUT2D eigenvalue weighted by Gasteiger charge is 2.11. The number of phenols is 1. The molecule has 2 rings (SSSR count). The predicted octanol–water partition coefficient (Wildman–Crippen LogP) is 4.02.